The van der Waals surface area contributed by atoms with E-state index in [0.29, 0.717) is 11.5 Å². The van der Waals surface area contributed by atoms with Gasteiger partial charge in [0.25, 0.3) is 0 Å². The highest BCUT2D eigenvalue weighted by atomic mass is 16.7. The molecule has 5 heteroatoms. The number of hydrogen-bond acceptors (Lipinski definition) is 5. The lowest BCUT2D eigenvalue weighted by Gasteiger charge is -2.40. The molecule has 0 amide bonds. The predicted molar refractivity (Wildman–Crippen MR) is 128 cm³/mol. The van der Waals surface area contributed by atoms with Crippen molar-refractivity contribution in [1.29, 1.82) is 5.26 Å². The molecule has 5 nitrogen and oxygen atoms in total. The lowest BCUT2D eigenvalue weighted by molar-refractivity contribution is -0.223. The van der Waals surface area contributed by atoms with E-state index in [-0.39, 0.29) is 5.41 Å². The van der Waals surface area contributed by atoms with E-state index < -0.39 is 5.72 Å². The third-order valence-electron chi connectivity index (χ3n) is 7.66. The Morgan fingerprint density at radius 3 is 2.55 bits per heavy atom. The molecule has 3 aliphatic rings. The number of benzene rings is 3. The normalized spacial score (nSPS) is 25.5. The first-order valence-electron chi connectivity index (χ1n) is 11.5. The molecule has 6 rings (SSSR count). The molecular weight excluding hydrogens is 408 g/mol. The number of nitrogens with zero attached hydrogens (tertiary/aromatic N) is 3. The van der Waals surface area contributed by atoms with Crippen LogP contribution in [0.1, 0.15) is 40.7 Å². The number of nitrogens with two attached hydrogens (primary N) is 1. The van der Waals surface area contributed by atoms with Crippen molar-refractivity contribution in [1.82, 2.24) is 5.06 Å². The Morgan fingerprint density at radius 1 is 0.970 bits per heavy atom. The van der Waals surface area contributed by atoms with E-state index in [1.807, 2.05) is 31.3 Å². The zero-order valence-corrected chi connectivity index (χ0v) is 18.7. The molecule has 2 spiro atoms. The highest BCUT2D eigenvalue weighted by Gasteiger charge is 2.62. The zero-order chi connectivity index (χ0) is 22.6. The van der Waals surface area contributed by atoms with Crippen LogP contribution in [0.2, 0.25) is 0 Å². The summed E-state index contributed by atoms with van der Waals surface area (Å²) in [4.78, 5) is 11.6. The van der Waals surface area contributed by atoms with E-state index in [2.05, 4.69) is 48.5 Å². The number of hydroxylamine groups is 2. The molecule has 0 fully saturated rings. The second kappa shape index (κ2) is 7.19. The molecule has 2 aliphatic carbocycles. The predicted octanol–water partition coefficient (Wildman–Crippen LogP) is 4.69. The molecule has 0 bridgehead atoms. The van der Waals surface area contributed by atoms with Gasteiger partial charge in [0.05, 0.1) is 11.6 Å². The van der Waals surface area contributed by atoms with E-state index in [1.54, 1.807) is 5.06 Å². The van der Waals surface area contributed by atoms with E-state index in [1.165, 1.54) is 16.7 Å². The minimum Gasteiger partial charge on any atom is -0.368 e. The van der Waals surface area contributed by atoms with Gasteiger partial charge in [-0.3, -0.25) is 0 Å². The van der Waals surface area contributed by atoms with Gasteiger partial charge in [-0.1, -0.05) is 48.5 Å². The SMILES string of the molecule is CN1OC2(N=C1N)c1cc(-c3cccc(C#N)c3)ccc1CC21CCCc2ccccc2C1. The Hall–Kier alpha value is -3.62. The summed E-state index contributed by atoms with van der Waals surface area (Å²) in [5, 5.41) is 11.0. The van der Waals surface area contributed by atoms with E-state index >= 15 is 0 Å². The number of nitriles is 1. The van der Waals surface area contributed by atoms with Crippen molar-refractivity contribution in [3.8, 4) is 17.2 Å². The Morgan fingerprint density at radius 2 is 1.76 bits per heavy atom. The third-order valence-corrected chi connectivity index (χ3v) is 7.66. The van der Waals surface area contributed by atoms with Crippen LogP contribution < -0.4 is 5.73 Å². The molecule has 3 aromatic rings. The molecule has 33 heavy (non-hydrogen) atoms. The smallest absolute Gasteiger partial charge is 0.221 e. The van der Waals surface area contributed by atoms with Gasteiger partial charge in [0.2, 0.25) is 11.7 Å². The van der Waals surface area contributed by atoms with Crippen molar-refractivity contribution in [2.24, 2.45) is 16.1 Å². The summed E-state index contributed by atoms with van der Waals surface area (Å²) >= 11 is 0. The molecule has 2 atom stereocenters. The first-order valence-corrected chi connectivity index (χ1v) is 11.5. The van der Waals surface area contributed by atoms with Gasteiger partial charge in [0.1, 0.15) is 0 Å². The summed E-state index contributed by atoms with van der Waals surface area (Å²) in [7, 11) is 1.84. The second-order valence-corrected chi connectivity index (χ2v) is 9.52. The number of guanidine groups is 1. The van der Waals surface area contributed by atoms with Crippen molar-refractivity contribution in [3.05, 3.63) is 94.5 Å². The Labute approximate surface area is 194 Å². The molecular formula is C28H26N4O. The molecule has 164 valence electrons. The number of fused-ring (bicyclic) bond motifs is 4. The lowest BCUT2D eigenvalue weighted by atomic mass is 9.71. The van der Waals surface area contributed by atoms with Crippen molar-refractivity contribution in [2.75, 3.05) is 7.05 Å². The topological polar surface area (TPSA) is 74.6 Å². The number of aryl methyl sites for hydroxylation is 1. The van der Waals surface area contributed by atoms with Crippen LogP contribution in [0, 0.1) is 16.7 Å². The molecule has 0 radical (unpaired) electrons. The van der Waals surface area contributed by atoms with Gasteiger partial charge in [-0.05, 0) is 78.1 Å². The average Bonchev–Trinajstić information content (AvgIpc) is 3.18. The van der Waals surface area contributed by atoms with Crippen molar-refractivity contribution >= 4 is 5.96 Å². The Kier molecular flexibility index (Phi) is 4.36. The largest absolute Gasteiger partial charge is 0.368 e. The molecule has 2 N–H and O–H groups in total. The summed E-state index contributed by atoms with van der Waals surface area (Å²) in [6.45, 7) is 0. The van der Waals surface area contributed by atoms with Gasteiger partial charge in [0, 0.05) is 18.0 Å². The number of aliphatic imine (C=N–C) groups is 1. The van der Waals surface area contributed by atoms with Crippen LogP contribution in [0.3, 0.4) is 0 Å². The highest BCUT2D eigenvalue weighted by molar-refractivity contribution is 5.79. The van der Waals surface area contributed by atoms with Crippen LogP contribution >= 0.6 is 0 Å². The summed E-state index contributed by atoms with van der Waals surface area (Å²) < 4.78 is 0. The van der Waals surface area contributed by atoms with Crippen LogP contribution in [-0.2, 0) is 29.8 Å². The van der Waals surface area contributed by atoms with Gasteiger partial charge in [-0.25, -0.2) is 14.9 Å². The maximum absolute atomic E-state index is 9.36. The van der Waals surface area contributed by atoms with Crippen molar-refractivity contribution in [2.45, 2.75) is 37.8 Å². The summed E-state index contributed by atoms with van der Waals surface area (Å²) in [6, 6.07) is 25.3. The zero-order valence-electron chi connectivity index (χ0n) is 18.7. The van der Waals surface area contributed by atoms with Crippen LogP contribution in [0.5, 0.6) is 0 Å². The fourth-order valence-corrected chi connectivity index (χ4v) is 6.07. The monoisotopic (exact) mass is 434 g/mol. The van der Waals surface area contributed by atoms with Crippen LogP contribution in [0.25, 0.3) is 11.1 Å². The first-order chi connectivity index (χ1) is 16.0. The quantitative estimate of drug-likeness (QED) is 0.603. The molecule has 3 aromatic carbocycles. The fraction of sp³-hybridized carbons (Fsp3) is 0.286. The summed E-state index contributed by atoms with van der Waals surface area (Å²) in [6.07, 6.45) is 4.99. The fourth-order valence-electron chi connectivity index (χ4n) is 6.07. The number of hydrogen-bond donors (Lipinski definition) is 1. The lowest BCUT2D eigenvalue weighted by Crippen LogP contribution is -2.44. The maximum Gasteiger partial charge on any atom is 0.221 e. The highest BCUT2D eigenvalue weighted by Crippen LogP contribution is 2.60. The molecule has 1 aliphatic heterocycles. The van der Waals surface area contributed by atoms with Crippen molar-refractivity contribution < 1.29 is 4.84 Å². The van der Waals surface area contributed by atoms with E-state index in [0.717, 1.165) is 48.8 Å². The molecule has 0 saturated heterocycles. The van der Waals surface area contributed by atoms with Gasteiger partial charge in [0.15, 0.2) is 0 Å². The van der Waals surface area contributed by atoms with Crippen LogP contribution in [0.4, 0.5) is 0 Å². The number of rotatable bonds is 1. The molecule has 0 saturated carbocycles. The van der Waals surface area contributed by atoms with E-state index in [4.69, 9.17) is 15.6 Å². The average molecular weight is 435 g/mol. The van der Waals surface area contributed by atoms with Crippen molar-refractivity contribution in [3.63, 3.8) is 0 Å². The second-order valence-electron chi connectivity index (χ2n) is 9.52. The van der Waals surface area contributed by atoms with Gasteiger partial charge < -0.3 is 5.73 Å². The van der Waals surface area contributed by atoms with Gasteiger partial charge >= 0.3 is 0 Å². The third kappa shape index (κ3) is 2.91. The van der Waals surface area contributed by atoms with Crippen LogP contribution in [0.15, 0.2) is 71.7 Å². The summed E-state index contributed by atoms with van der Waals surface area (Å²) in [5.41, 5.74) is 13.2. The molecule has 0 aromatic heterocycles. The summed E-state index contributed by atoms with van der Waals surface area (Å²) in [5.74, 6) is 0.414. The standard InChI is InChI=1S/C28H26N4O/c1-32-26(30)31-28(33-32)25-15-22(21-9-4-6-19(14-21)18-29)11-12-24(25)17-27(28)13-5-10-20-7-2-3-8-23(20)16-27/h2-4,6-9,11-12,14-15H,5,10,13,16-17H2,1H3,(H2,30,31). The minimum atomic E-state index is -0.846. The Balaban J connectivity index is 1.53. The maximum atomic E-state index is 9.36. The van der Waals surface area contributed by atoms with Crippen LogP contribution in [-0.4, -0.2) is 18.1 Å². The van der Waals surface area contributed by atoms with Gasteiger partial charge in [-0.15, -0.1) is 0 Å². The Bertz CT molecular complexity index is 1340. The van der Waals surface area contributed by atoms with Gasteiger partial charge in [-0.2, -0.15) is 5.26 Å². The first kappa shape index (κ1) is 20.0. The molecule has 1 heterocycles. The minimum absolute atomic E-state index is 0.204. The molecule has 2 unspecified atom stereocenters. The van der Waals surface area contributed by atoms with E-state index in [9.17, 15) is 5.26 Å².